The van der Waals surface area contributed by atoms with E-state index in [-0.39, 0.29) is 5.41 Å². The topological polar surface area (TPSA) is 0 Å². The standard InChI is InChI=1S/C10H13.ClH.Mg/c1-10(2,3)9-7-5-4-6-8-9;;/h5-8H,1-3H3;1H;/q;;+1/p-1. The van der Waals surface area contributed by atoms with Crippen LogP contribution in [-0.4, -0.2) is 19.3 Å². The zero-order valence-electron chi connectivity index (χ0n) is 7.89. The van der Waals surface area contributed by atoms with Crippen molar-refractivity contribution < 1.29 is 0 Å². The van der Waals surface area contributed by atoms with Crippen molar-refractivity contribution in [3.05, 3.63) is 29.8 Å². The van der Waals surface area contributed by atoms with Crippen LogP contribution in [0.1, 0.15) is 26.3 Å². The molecule has 0 spiro atoms. The minimum absolute atomic E-state index is 0.256. The molecule has 12 heavy (non-hydrogen) atoms. The molecule has 1 aromatic carbocycles. The fourth-order valence-corrected chi connectivity index (χ4v) is 2.04. The van der Waals surface area contributed by atoms with Gasteiger partial charge in [0, 0.05) is 0 Å². The van der Waals surface area contributed by atoms with Crippen molar-refractivity contribution >= 4 is 32.0 Å². The van der Waals surface area contributed by atoms with Gasteiger partial charge in [-0.3, -0.25) is 0 Å². The molecular formula is C10H13ClMg. The van der Waals surface area contributed by atoms with Crippen molar-refractivity contribution in [2.24, 2.45) is 0 Å². The van der Waals surface area contributed by atoms with Gasteiger partial charge in [0.05, 0.1) is 0 Å². The minimum Gasteiger partial charge on any atom is -0.336 e. The number of benzene rings is 1. The monoisotopic (exact) mass is 192 g/mol. The van der Waals surface area contributed by atoms with E-state index in [4.69, 9.17) is 9.07 Å². The third kappa shape index (κ3) is 2.65. The van der Waals surface area contributed by atoms with Crippen LogP contribution in [0.25, 0.3) is 0 Å². The van der Waals surface area contributed by atoms with E-state index in [0.717, 1.165) is 0 Å². The molecule has 0 aromatic heterocycles. The fraction of sp³-hybridized carbons (Fsp3) is 0.400. The second-order valence-corrected chi connectivity index (χ2v) is 5.97. The molecule has 0 amide bonds. The van der Waals surface area contributed by atoms with E-state index in [2.05, 4.69) is 45.0 Å². The lowest BCUT2D eigenvalue weighted by Gasteiger charge is -2.18. The zero-order valence-corrected chi connectivity index (χ0v) is 10.1. The quantitative estimate of drug-likeness (QED) is 0.601. The molecule has 62 valence electrons. The smallest absolute Gasteiger partial charge is 0.336 e. The summed E-state index contributed by atoms with van der Waals surface area (Å²) >= 11 is -0.496. The highest BCUT2D eigenvalue weighted by molar-refractivity contribution is 7.01. The molecule has 0 nitrogen and oxygen atoms in total. The van der Waals surface area contributed by atoms with E-state index in [9.17, 15) is 0 Å². The maximum Gasteiger partial charge on any atom is 0.538 e. The predicted molar refractivity (Wildman–Crippen MR) is 56.4 cm³/mol. The largest absolute Gasteiger partial charge is 0.538 e. The molecule has 0 fully saturated rings. The van der Waals surface area contributed by atoms with Gasteiger partial charge in [-0.15, -0.1) is 3.69 Å². The van der Waals surface area contributed by atoms with Gasteiger partial charge in [-0.05, 0) is 11.0 Å². The number of hydrogen-bond donors (Lipinski definition) is 0. The fourth-order valence-electron chi connectivity index (χ4n) is 1.09. The lowest BCUT2D eigenvalue weighted by molar-refractivity contribution is 0.590. The van der Waals surface area contributed by atoms with Crippen LogP contribution in [0.4, 0.5) is 0 Å². The van der Waals surface area contributed by atoms with Crippen LogP contribution in [0.15, 0.2) is 24.3 Å². The molecule has 0 saturated carbocycles. The molecule has 2 heteroatoms. The van der Waals surface area contributed by atoms with Crippen LogP contribution in [0, 0.1) is 0 Å². The molecule has 0 N–H and O–H groups in total. The van der Waals surface area contributed by atoms with Gasteiger partial charge >= 0.3 is 19.3 Å². The van der Waals surface area contributed by atoms with Gasteiger partial charge in [-0.25, -0.2) is 0 Å². The average Bonchev–Trinajstić information content (AvgIpc) is 2.03. The summed E-state index contributed by atoms with van der Waals surface area (Å²) in [4.78, 5) is 0. The summed E-state index contributed by atoms with van der Waals surface area (Å²) in [7, 11) is 5.83. The third-order valence-corrected chi connectivity index (χ3v) is 3.68. The molecule has 0 heterocycles. The van der Waals surface area contributed by atoms with Crippen molar-refractivity contribution in [1.29, 1.82) is 0 Å². The average molecular weight is 193 g/mol. The highest BCUT2D eigenvalue weighted by atomic mass is 35.5. The van der Waals surface area contributed by atoms with Crippen molar-refractivity contribution in [3.63, 3.8) is 0 Å². The Hall–Kier alpha value is 0.276. The lowest BCUT2D eigenvalue weighted by Crippen LogP contribution is -2.14. The van der Waals surface area contributed by atoms with Gasteiger partial charge in [0.15, 0.2) is 0 Å². The van der Waals surface area contributed by atoms with Gasteiger partial charge in [0.2, 0.25) is 0 Å². The van der Waals surface area contributed by atoms with E-state index in [1.165, 1.54) is 9.26 Å². The summed E-state index contributed by atoms with van der Waals surface area (Å²) < 4.78 is 1.32. The second kappa shape index (κ2) is 3.99. The van der Waals surface area contributed by atoms with Gasteiger partial charge in [-0.2, -0.15) is 0 Å². The molecule has 0 bridgehead atoms. The van der Waals surface area contributed by atoms with E-state index in [1.807, 2.05) is 0 Å². The van der Waals surface area contributed by atoms with E-state index >= 15 is 0 Å². The Morgan fingerprint density at radius 3 is 1.92 bits per heavy atom. The van der Waals surface area contributed by atoms with Crippen molar-refractivity contribution in [2.45, 2.75) is 26.2 Å². The summed E-state index contributed by atoms with van der Waals surface area (Å²) in [6, 6.07) is 8.68. The Morgan fingerprint density at radius 1 is 1.08 bits per heavy atom. The van der Waals surface area contributed by atoms with Crippen LogP contribution in [0.2, 0.25) is 0 Å². The van der Waals surface area contributed by atoms with Gasteiger partial charge < -0.3 is 9.07 Å². The van der Waals surface area contributed by atoms with E-state index in [0.29, 0.717) is 0 Å². The van der Waals surface area contributed by atoms with E-state index in [1.54, 1.807) is 0 Å². The molecule has 0 saturated heterocycles. The van der Waals surface area contributed by atoms with Gasteiger partial charge in [0.1, 0.15) is 0 Å². The van der Waals surface area contributed by atoms with Crippen LogP contribution in [0.3, 0.4) is 0 Å². The number of halogens is 1. The number of hydrogen-bond acceptors (Lipinski definition) is 0. The van der Waals surface area contributed by atoms with Crippen molar-refractivity contribution in [2.75, 3.05) is 0 Å². The Bertz CT molecular complexity index is 246. The maximum absolute atomic E-state index is 5.83. The van der Waals surface area contributed by atoms with Crippen LogP contribution >= 0.6 is 9.07 Å². The van der Waals surface area contributed by atoms with E-state index < -0.39 is 19.3 Å². The molecule has 0 aliphatic heterocycles. The zero-order chi connectivity index (χ0) is 9.19. The Balaban J connectivity index is 2.93. The van der Waals surface area contributed by atoms with Gasteiger partial charge in [-0.1, -0.05) is 45.0 Å². The number of rotatable bonds is 1. The minimum atomic E-state index is -0.496. The summed E-state index contributed by atoms with van der Waals surface area (Å²) in [5, 5.41) is 0. The molecule has 0 aliphatic rings. The summed E-state index contributed by atoms with van der Waals surface area (Å²) in [5.74, 6) is 0. The summed E-state index contributed by atoms with van der Waals surface area (Å²) in [5.41, 5.74) is 1.64. The van der Waals surface area contributed by atoms with Crippen LogP contribution in [0.5, 0.6) is 0 Å². The SMILES string of the molecule is CC(C)(C)c1cc[c]([Mg][Cl])cc1. The normalized spacial score (nSPS) is 11.0. The first-order valence-electron chi connectivity index (χ1n) is 4.19. The first kappa shape index (κ1) is 10.4. The van der Waals surface area contributed by atoms with Crippen molar-refractivity contribution in [1.82, 2.24) is 0 Å². The first-order chi connectivity index (χ1) is 5.54. The van der Waals surface area contributed by atoms with Crippen LogP contribution < -0.4 is 3.69 Å². The van der Waals surface area contributed by atoms with Crippen LogP contribution in [-0.2, 0) is 5.41 Å². The van der Waals surface area contributed by atoms with Gasteiger partial charge in [0.25, 0.3) is 0 Å². The first-order valence-corrected chi connectivity index (χ1v) is 7.04. The highest BCUT2D eigenvalue weighted by Crippen LogP contribution is 2.20. The Labute approximate surface area is 87.8 Å². The highest BCUT2D eigenvalue weighted by Gasteiger charge is 2.12. The molecule has 0 radical (unpaired) electrons. The Morgan fingerprint density at radius 2 is 1.58 bits per heavy atom. The molecule has 0 unspecified atom stereocenters. The lowest BCUT2D eigenvalue weighted by atomic mass is 9.87. The molecular weight excluding hydrogens is 180 g/mol. The summed E-state index contributed by atoms with van der Waals surface area (Å²) in [6.45, 7) is 6.67. The second-order valence-electron chi connectivity index (χ2n) is 4.08. The molecule has 0 aliphatic carbocycles. The molecule has 1 rings (SSSR count). The predicted octanol–water partition coefficient (Wildman–Crippen LogP) is 2.47. The maximum atomic E-state index is 5.83. The molecule has 0 atom stereocenters. The van der Waals surface area contributed by atoms with Crippen molar-refractivity contribution in [3.8, 4) is 0 Å². The molecule has 1 aromatic rings. The Kier molecular flexibility index (Phi) is 3.44. The third-order valence-electron chi connectivity index (χ3n) is 1.97. The summed E-state index contributed by atoms with van der Waals surface area (Å²) in [6.07, 6.45) is 0.